The van der Waals surface area contributed by atoms with E-state index in [4.69, 9.17) is 16.3 Å². The van der Waals surface area contributed by atoms with E-state index in [0.717, 1.165) is 18.7 Å². The van der Waals surface area contributed by atoms with Crippen molar-refractivity contribution in [1.82, 2.24) is 9.88 Å². The molecule has 2 heterocycles. The minimum absolute atomic E-state index is 0.0105. The molecule has 0 bridgehead atoms. The van der Waals surface area contributed by atoms with Gasteiger partial charge in [0.2, 0.25) is 0 Å². The zero-order valence-corrected chi connectivity index (χ0v) is 16.8. The zero-order chi connectivity index (χ0) is 19.4. The molecule has 0 aliphatic carbocycles. The fraction of sp³-hybridized carbons (Fsp3) is 0.429. The second kappa shape index (κ2) is 8.17. The summed E-state index contributed by atoms with van der Waals surface area (Å²) in [6, 6.07) is 13.4. The van der Waals surface area contributed by atoms with Crippen molar-refractivity contribution in [3.05, 3.63) is 53.7 Å². The van der Waals surface area contributed by atoms with Crippen molar-refractivity contribution < 1.29 is 9.53 Å². The first-order valence-electron chi connectivity index (χ1n) is 9.24. The van der Waals surface area contributed by atoms with Gasteiger partial charge in [-0.25, -0.2) is 4.98 Å². The van der Waals surface area contributed by atoms with Crippen LogP contribution in [0.1, 0.15) is 26.7 Å². The average Bonchev–Trinajstić information content (AvgIpc) is 2.69. The molecule has 0 atom stereocenters. The Balaban J connectivity index is 1.58. The molecule has 0 radical (unpaired) electrons. The van der Waals surface area contributed by atoms with E-state index in [1.165, 1.54) is 0 Å². The van der Waals surface area contributed by atoms with E-state index < -0.39 is 5.60 Å². The number of likely N-dealkylation sites (tertiary alicyclic amines) is 1. The molecule has 1 aromatic carbocycles. The van der Waals surface area contributed by atoms with Crippen molar-refractivity contribution >= 4 is 23.3 Å². The predicted octanol–water partition coefficient (Wildman–Crippen LogP) is 4.02. The minimum atomic E-state index is -0.923. The molecule has 2 aromatic rings. The molecule has 1 aliphatic heterocycles. The molecule has 3 rings (SSSR count). The number of halogens is 1. The second-order valence-corrected chi connectivity index (χ2v) is 7.82. The largest absolute Gasteiger partial charge is 0.478 e. The highest BCUT2D eigenvalue weighted by molar-refractivity contribution is 6.30. The van der Waals surface area contributed by atoms with E-state index in [-0.39, 0.29) is 5.91 Å². The Morgan fingerprint density at radius 3 is 2.44 bits per heavy atom. The van der Waals surface area contributed by atoms with Crippen LogP contribution in [-0.4, -0.2) is 47.6 Å². The lowest BCUT2D eigenvalue weighted by Crippen LogP contribution is -2.53. The Labute approximate surface area is 165 Å². The number of hydrogen-bond donors (Lipinski definition) is 0. The van der Waals surface area contributed by atoms with Gasteiger partial charge < -0.3 is 14.5 Å². The number of pyridine rings is 1. The van der Waals surface area contributed by atoms with Gasteiger partial charge in [-0.2, -0.15) is 0 Å². The van der Waals surface area contributed by atoms with Crippen LogP contribution in [0.15, 0.2) is 48.7 Å². The Bertz CT molecular complexity index is 757. The van der Waals surface area contributed by atoms with Gasteiger partial charge in [0.15, 0.2) is 5.60 Å². The molecule has 144 valence electrons. The van der Waals surface area contributed by atoms with E-state index in [1.807, 2.05) is 36.9 Å². The van der Waals surface area contributed by atoms with Gasteiger partial charge in [-0.1, -0.05) is 17.7 Å². The first-order chi connectivity index (χ1) is 12.9. The number of rotatable bonds is 5. The van der Waals surface area contributed by atoms with Crippen LogP contribution >= 0.6 is 11.6 Å². The molecule has 0 saturated carbocycles. The SMILES string of the molecule is CN(c1ccccn1)C1CCN(C(=O)C(C)(C)Oc2ccc(Cl)cc2)CC1. The van der Waals surface area contributed by atoms with Gasteiger partial charge in [0.05, 0.1) is 0 Å². The minimum Gasteiger partial charge on any atom is -0.478 e. The third-order valence-corrected chi connectivity index (χ3v) is 5.26. The van der Waals surface area contributed by atoms with Gasteiger partial charge in [0.25, 0.3) is 5.91 Å². The first-order valence-corrected chi connectivity index (χ1v) is 9.62. The van der Waals surface area contributed by atoms with Gasteiger partial charge >= 0.3 is 0 Å². The van der Waals surface area contributed by atoms with Crippen molar-refractivity contribution in [3.63, 3.8) is 0 Å². The number of aromatic nitrogens is 1. The van der Waals surface area contributed by atoms with E-state index in [2.05, 4.69) is 16.9 Å². The summed E-state index contributed by atoms with van der Waals surface area (Å²) in [6.07, 6.45) is 3.63. The molecule has 1 aromatic heterocycles. The fourth-order valence-corrected chi connectivity index (χ4v) is 3.55. The summed E-state index contributed by atoms with van der Waals surface area (Å²) in [5, 5.41) is 0.644. The zero-order valence-electron chi connectivity index (χ0n) is 16.1. The Kier molecular flexibility index (Phi) is 5.90. The Hall–Kier alpha value is -2.27. The molecule has 0 unspecified atom stereocenters. The number of benzene rings is 1. The number of ether oxygens (including phenoxy) is 1. The quantitative estimate of drug-likeness (QED) is 0.777. The summed E-state index contributed by atoms with van der Waals surface area (Å²) in [4.78, 5) is 21.5. The Morgan fingerprint density at radius 2 is 1.85 bits per heavy atom. The predicted molar refractivity (Wildman–Crippen MR) is 108 cm³/mol. The highest BCUT2D eigenvalue weighted by atomic mass is 35.5. The van der Waals surface area contributed by atoms with Crippen LogP contribution in [-0.2, 0) is 4.79 Å². The summed E-state index contributed by atoms with van der Waals surface area (Å²) >= 11 is 5.91. The van der Waals surface area contributed by atoms with Crippen LogP contribution in [0.2, 0.25) is 5.02 Å². The molecule has 0 spiro atoms. The first kappa shape index (κ1) is 19.5. The molecular weight excluding hydrogens is 362 g/mol. The van der Waals surface area contributed by atoms with Crippen LogP contribution in [0.5, 0.6) is 5.75 Å². The number of amides is 1. The monoisotopic (exact) mass is 387 g/mol. The smallest absolute Gasteiger partial charge is 0.266 e. The third-order valence-electron chi connectivity index (χ3n) is 5.01. The molecule has 27 heavy (non-hydrogen) atoms. The van der Waals surface area contributed by atoms with E-state index >= 15 is 0 Å². The van der Waals surface area contributed by atoms with Crippen LogP contribution in [0, 0.1) is 0 Å². The number of carbonyl (C=O) groups excluding carboxylic acids is 1. The summed E-state index contributed by atoms with van der Waals surface area (Å²) < 4.78 is 5.95. The van der Waals surface area contributed by atoms with Gasteiger partial charge in [-0.05, 0) is 63.1 Å². The number of hydrogen-bond acceptors (Lipinski definition) is 4. The maximum Gasteiger partial charge on any atom is 0.266 e. The lowest BCUT2D eigenvalue weighted by atomic mass is 10.0. The van der Waals surface area contributed by atoms with E-state index in [9.17, 15) is 4.79 Å². The summed E-state index contributed by atoms with van der Waals surface area (Å²) in [5.41, 5.74) is -0.923. The second-order valence-electron chi connectivity index (χ2n) is 7.39. The molecule has 1 amide bonds. The summed E-state index contributed by atoms with van der Waals surface area (Å²) in [6.45, 7) is 5.06. The Morgan fingerprint density at radius 1 is 1.19 bits per heavy atom. The lowest BCUT2D eigenvalue weighted by molar-refractivity contribution is -0.146. The van der Waals surface area contributed by atoms with Gasteiger partial charge in [-0.3, -0.25) is 4.79 Å². The number of nitrogens with zero attached hydrogens (tertiary/aromatic N) is 3. The van der Waals surface area contributed by atoms with Crippen LogP contribution in [0.3, 0.4) is 0 Å². The number of piperidine rings is 1. The fourth-order valence-electron chi connectivity index (χ4n) is 3.43. The highest BCUT2D eigenvalue weighted by Gasteiger charge is 2.36. The van der Waals surface area contributed by atoms with Crippen LogP contribution in [0.25, 0.3) is 0 Å². The van der Waals surface area contributed by atoms with Crippen LogP contribution in [0.4, 0.5) is 5.82 Å². The average molecular weight is 388 g/mol. The molecule has 1 saturated heterocycles. The molecule has 1 fully saturated rings. The van der Waals surface area contributed by atoms with Crippen molar-refractivity contribution in [2.45, 2.75) is 38.3 Å². The normalized spacial score (nSPS) is 15.5. The molecule has 6 heteroatoms. The van der Waals surface area contributed by atoms with Gasteiger partial charge in [0, 0.05) is 37.4 Å². The summed E-state index contributed by atoms with van der Waals surface area (Å²) in [5.74, 6) is 1.62. The van der Waals surface area contributed by atoms with Crippen molar-refractivity contribution in [1.29, 1.82) is 0 Å². The van der Waals surface area contributed by atoms with Crippen molar-refractivity contribution in [2.24, 2.45) is 0 Å². The third kappa shape index (κ3) is 4.72. The number of anilines is 1. The molecule has 1 aliphatic rings. The molecule has 0 N–H and O–H groups in total. The molecule has 5 nitrogen and oxygen atoms in total. The molecular formula is C21H26ClN3O2. The standard InChI is InChI=1S/C21H26ClN3O2/c1-21(2,27-18-9-7-16(22)8-10-18)20(26)25-14-11-17(12-15-25)24(3)19-6-4-5-13-23-19/h4-10,13,17H,11-12,14-15H2,1-3H3. The van der Waals surface area contributed by atoms with Crippen molar-refractivity contribution in [2.75, 3.05) is 25.0 Å². The van der Waals surface area contributed by atoms with Gasteiger partial charge in [0.1, 0.15) is 11.6 Å². The van der Waals surface area contributed by atoms with E-state index in [1.54, 1.807) is 30.5 Å². The summed E-state index contributed by atoms with van der Waals surface area (Å²) in [7, 11) is 2.07. The topological polar surface area (TPSA) is 45.7 Å². The number of carbonyl (C=O) groups is 1. The maximum absolute atomic E-state index is 13.0. The van der Waals surface area contributed by atoms with Gasteiger partial charge in [-0.15, -0.1) is 0 Å². The van der Waals surface area contributed by atoms with E-state index in [0.29, 0.717) is 29.9 Å². The van der Waals surface area contributed by atoms with Crippen molar-refractivity contribution in [3.8, 4) is 5.75 Å². The highest BCUT2D eigenvalue weighted by Crippen LogP contribution is 2.25. The lowest BCUT2D eigenvalue weighted by Gasteiger charge is -2.40. The van der Waals surface area contributed by atoms with Crippen LogP contribution < -0.4 is 9.64 Å². The maximum atomic E-state index is 13.0.